The third-order valence-electron chi connectivity index (χ3n) is 1.86. The SMILES string of the molecule is COc1cc(/C=N/N=C(N)N)ccc1OCC#N. The van der Waals surface area contributed by atoms with Gasteiger partial charge in [0.15, 0.2) is 18.1 Å². The number of guanidine groups is 1. The topological polar surface area (TPSA) is 119 Å². The second-order valence-electron chi connectivity index (χ2n) is 3.13. The van der Waals surface area contributed by atoms with Crippen LogP contribution in [0.25, 0.3) is 0 Å². The van der Waals surface area contributed by atoms with Crippen molar-refractivity contribution in [2.45, 2.75) is 0 Å². The van der Waals surface area contributed by atoms with Crippen molar-refractivity contribution >= 4 is 12.2 Å². The number of methoxy groups -OCH3 is 1. The van der Waals surface area contributed by atoms with Crippen molar-refractivity contribution in [1.29, 1.82) is 5.26 Å². The predicted molar refractivity (Wildman–Crippen MR) is 67.5 cm³/mol. The molecule has 0 fully saturated rings. The van der Waals surface area contributed by atoms with Crippen LogP contribution < -0.4 is 20.9 Å². The highest BCUT2D eigenvalue weighted by molar-refractivity contribution is 5.82. The fraction of sp³-hybridized carbons (Fsp3) is 0.182. The molecule has 18 heavy (non-hydrogen) atoms. The first kappa shape index (κ1) is 13.3. The van der Waals surface area contributed by atoms with E-state index in [2.05, 4.69) is 10.2 Å². The Balaban J connectivity index is 2.88. The Bertz CT molecular complexity index is 501. The Morgan fingerprint density at radius 2 is 2.22 bits per heavy atom. The van der Waals surface area contributed by atoms with Crippen molar-refractivity contribution in [1.82, 2.24) is 0 Å². The molecule has 4 N–H and O–H groups in total. The van der Waals surface area contributed by atoms with E-state index in [-0.39, 0.29) is 12.6 Å². The van der Waals surface area contributed by atoms with Crippen molar-refractivity contribution in [3.8, 4) is 17.6 Å². The molecule has 0 radical (unpaired) electrons. The highest BCUT2D eigenvalue weighted by atomic mass is 16.5. The number of nitriles is 1. The Labute approximate surface area is 104 Å². The molecule has 0 spiro atoms. The maximum Gasteiger partial charge on any atom is 0.211 e. The number of rotatable bonds is 5. The number of hydrogen-bond donors (Lipinski definition) is 2. The van der Waals surface area contributed by atoms with Crippen LogP contribution in [-0.2, 0) is 0 Å². The number of ether oxygens (including phenoxy) is 2. The Morgan fingerprint density at radius 1 is 1.44 bits per heavy atom. The molecule has 1 rings (SSSR count). The highest BCUT2D eigenvalue weighted by Crippen LogP contribution is 2.27. The fourth-order valence-corrected chi connectivity index (χ4v) is 1.16. The van der Waals surface area contributed by atoms with E-state index in [1.165, 1.54) is 13.3 Å². The van der Waals surface area contributed by atoms with Crippen molar-refractivity contribution < 1.29 is 9.47 Å². The zero-order valence-electron chi connectivity index (χ0n) is 9.83. The lowest BCUT2D eigenvalue weighted by Crippen LogP contribution is -2.21. The van der Waals surface area contributed by atoms with E-state index >= 15 is 0 Å². The van der Waals surface area contributed by atoms with E-state index in [0.717, 1.165) is 5.56 Å². The molecular weight excluding hydrogens is 234 g/mol. The number of hydrogen-bond acceptors (Lipinski definition) is 5. The third kappa shape index (κ3) is 4.02. The van der Waals surface area contributed by atoms with Gasteiger partial charge in [-0.3, -0.25) is 0 Å². The summed E-state index contributed by atoms with van der Waals surface area (Å²) in [5.74, 6) is 0.865. The third-order valence-corrected chi connectivity index (χ3v) is 1.86. The van der Waals surface area contributed by atoms with Gasteiger partial charge in [-0.25, -0.2) is 0 Å². The molecule has 0 heterocycles. The maximum absolute atomic E-state index is 8.44. The minimum atomic E-state index is -0.118. The summed E-state index contributed by atoms with van der Waals surface area (Å²) in [5.41, 5.74) is 11.0. The van der Waals surface area contributed by atoms with Gasteiger partial charge in [0, 0.05) is 0 Å². The lowest BCUT2D eigenvalue weighted by Gasteiger charge is -2.08. The largest absolute Gasteiger partial charge is 0.493 e. The summed E-state index contributed by atoms with van der Waals surface area (Å²) >= 11 is 0. The summed E-state index contributed by atoms with van der Waals surface area (Å²) in [7, 11) is 1.51. The van der Waals surface area contributed by atoms with Gasteiger partial charge in [0.05, 0.1) is 13.3 Å². The molecule has 0 atom stereocenters. The Hall–Kier alpha value is -2.75. The van der Waals surface area contributed by atoms with Gasteiger partial charge in [-0.2, -0.15) is 10.4 Å². The van der Waals surface area contributed by atoms with E-state index in [1.807, 2.05) is 6.07 Å². The van der Waals surface area contributed by atoms with E-state index in [9.17, 15) is 0 Å². The van der Waals surface area contributed by atoms with E-state index in [4.69, 9.17) is 26.2 Å². The monoisotopic (exact) mass is 247 g/mol. The Kier molecular flexibility index (Phi) is 4.99. The molecule has 0 aliphatic rings. The zero-order valence-corrected chi connectivity index (χ0v) is 9.83. The van der Waals surface area contributed by atoms with Crippen LogP contribution >= 0.6 is 0 Å². The Morgan fingerprint density at radius 3 is 2.83 bits per heavy atom. The van der Waals surface area contributed by atoms with Crippen LogP contribution in [0.15, 0.2) is 28.4 Å². The van der Waals surface area contributed by atoms with Crippen molar-refractivity contribution in [3.05, 3.63) is 23.8 Å². The quantitative estimate of drug-likeness (QED) is 0.437. The summed E-state index contributed by atoms with van der Waals surface area (Å²) in [4.78, 5) is 0. The minimum Gasteiger partial charge on any atom is -0.493 e. The van der Waals surface area contributed by atoms with Crippen LogP contribution in [0.5, 0.6) is 11.5 Å². The van der Waals surface area contributed by atoms with E-state index in [1.54, 1.807) is 18.2 Å². The smallest absolute Gasteiger partial charge is 0.211 e. The first-order chi connectivity index (χ1) is 8.67. The molecule has 94 valence electrons. The average Bonchev–Trinajstić information content (AvgIpc) is 2.36. The van der Waals surface area contributed by atoms with Crippen molar-refractivity contribution in [2.24, 2.45) is 21.7 Å². The van der Waals surface area contributed by atoms with Crippen molar-refractivity contribution in [2.75, 3.05) is 13.7 Å². The van der Waals surface area contributed by atoms with E-state index < -0.39 is 0 Å². The summed E-state index contributed by atoms with van der Waals surface area (Å²) in [6, 6.07) is 6.98. The summed E-state index contributed by atoms with van der Waals surface area (Å²) in [5, 5.41) is 15.6. The van der Waals surface area contributed by atoms with Gasteiger partial charge in [0.2, 0.25) is 5.96 Å². The minimum absolute atomic E-state index is 0.0439. The molecule has 1 aromatic carbocycles. The molecule has 0 aromatic heterocycles. The second kappa shape index (κ2) is 6.75. The van der Waals surface area contributed by atoms with Gasteiger partial charge in [-0.05, 0) is 23.8 Å². The molecule has 0 amide bonds. The first-order valence-electron chi connectivity index (χ1n) is 4.97. The molecule has 7 heteroatoms. The molecule has 7 nitrogen and oxygen atoms in total. The fourth-order valence-electron chi connectivity index (χ4n) is 1.16. The number of nitrogens with zero attached hydrogens (tertiary/aromatic N) is 3. The molecule has 0 saturated carbocycles. The second-order valence-corrected chi connectivity index (χ2v) is 3.13. The first-order valence-corrected chi connectivity index (χ1v) is 4.97. The predicted octanol–water partition coefficient (Wildman–Crippen LogP) is 0.205. The highest BCUT2D eigenvalue weighted by Gasteiger charge is 2.04. The molecule has 1 aromatic rings. The van der Waals surface area contributed by atoms with Crippen LogP contribution in [0.1, 0.15) is 5.56 Å². The van der Waals surface area contributed by atoms with Gasteiger partial charge in [-0.1, -0.05) is 0 Å². The lowest BCUT2D eigenvalue weighted by atomic mass is 10.2. The molecule has 0 saturated heterocycles. The van der Waals surface area contributed by atoms with Gasteiger partial charge >= 0.3 is 0 Å². The van der Waals surface area contributed by atoms with Crippen LogP contribution in [0.3, 0.4) is 0 Å². The molecule has 0 aliphatic heterocycles. The van der Waals surface area contributed by atoms with E-state index in [0.29, 0.717) is 11.5 Å². The average molecular weight is 247 g/mol. The molecular formula is C11H13N5O2. The number of nitrogens with two attached hydrogens (primary N) is 2. The number of benzene rings is 1. The zero-order chi connectivity index (χ0) is 13.4. The van der Waals surface area contributed by atoms with Crippen LogP contribution in [0, 0.1) is 11.3 Å². The van der Waals surface area contributed by atoms with Crippen LogP contribution in [0.2, 0.25) is 0 Å². The van der Waals surface area contributed by atoms with Crippen LogP contribution in [0.4, 0.5) is 0 Å². The van der Waals surface area contributed by atoms with Gasteiger partial charge in [0.1, 0.15) is 6.07 Å². The molecule has 0 aliphatic carbocycles. The van der Waals surface area contributed by atoms with Gasteiger partial charge < -0.3 is 20.9 Å². The van der Waals surface area contributed by atoms with Crippen LogP contribution in [-0.4, -0.2) is 25.9 Å². The summed E-state index contributed by atoms with van der Waals surface area (Å²) < 4.78 is 10.3. The van der Waals surface area contributed by atoms with Gasteiger partial charge in [-0.15, -0.1) is 5.10 Å². The standard InChI is InChI=1S/C11H13N5O2/c1-17-10-6-8(7-15-16-11(13)14)2-3-9(10)18-5-4-12/h2-3,6-7H,5H2,1H3,(H4,13,14,16)/b15-7+. The van der Waals surface area contributed by atoms with Gasteiger partial charge in [0.25, 0.3) is 0 Å². The molecule has 0 unspecified atom stereocenters. The normalized spacial score (nSPS) is 9.78. The molecule has 0 bridgehead atoms. The lowest BCUT2D eigenvalue weighted by molar-refractivity contribution is 0.329. The maximum atomic E-state index is 8.44. The summed E-state index contributed by atoms with van der Waals surface area (Å²) in [6.45, 7) is -0.0439. The van der Waals surface area contributed by atoms with Crippen molar-refractivity contribution in [3.63, 3.8) is 0 Å². The summed E-state index contributed by atoms with van der Waals surface area (Å²) in [6.07, 6.45) is 1.47.